The lowest BCUT2D eigenvalue weighted by atomic mass is 10.1. The molecule has 2 rings (SSSR count). The normalized spacial score (nSPS) is 10.1. The van der Waals surface area contributed by atoms with Crippen molar-refractivity contribution in [3.8, 4) is 5.75 Å². The largest absolute Gasteiger partial charge is 0.496 e. The Morgan fingerprint density at radius 1 is 1.35 bits per heavy atom. The van der Waals surface area contributed by atoms with E-state index in [1.54, 1.807) is 11.4 Å². The molecule has 0 atom stereocenters. The predicted molar refractivity (Wildman–Crippen MR) is 79.9 cm³/mol. The van der Waals surface area contributed by atoms with Gasteiger partial charge in [0.2, 0.25) is 0 Å². The number of halogens is 1. The molecular formula is C13H10BrNO4S. The van der Waals surface area contributed by atoms with E-state index < -0.39 is 5.97 Å². The number of benzene rings is 1. The van der Waals surface area contributed by atoms with E-state index in [4.69, 9.17) is 9.84 Å². The van der Waals surface area contributed by atoms with Crippen LogP contribution in [0.25, 0.3) is 0 Å². The summed E-state index contributed by atoms with van der Waals surface area (Å²) >= 11 is 4.70. The molecule has 2 N–H and O–H groups in total. The molecule has 1 aromatic heterocycles. The summed E-state index contributed by atoms with van der Waals surface area (Å²) in [5.74, 6) is -1.15. The molecule has 0 fully saturated rings. The Bertz CT molecular complexity index is 668. The van der Waals surface area contributed by atoms with Crippen LogP contribution in [0.1, 0.15) is 20.7 Å². The zero-order chi connectivity index (χ0) is 14.7. The fourth-order valence-electron chi connectivity index (χ4n) is 1.58. The van der Waals surface area contributed by atoms with Gasteiger partial charge in [0.05, 0.1) is 16.5 Å². The Hall–Kier alpha value is -1.86. The highest BCUT2D eigenvalue weighted by Crippen LogP contribution is 2.25. The van der Waals surface area contributed by atoms with Gasteiger partial charge in [-0.05, 0) is 34.1 Å². The highest BCUT2D eigenvalue weighted by Gasteiger charge is 2.13. The summed E-state index contributed by atoms with van der Waals surface area (Å²) in [7, 11) is 1.38. The number of aromatic carboxylic acids is 1. The van der Waals surface area contributed by atoms with Crippen LogP contribution in [-0.2, 0) is 0 Å². The molecule has 0 radical (unpaired) electrons. The first-order chi connectivity index (χ1) is 9.51. The van der Waals surface area contributed by atoms with Gasteiger partial charge in [-0.2, -0.15) is 0 Å². The minimum absolute atomic E-state index is 0.0452. The van der Waals surface area contributed by atoms with Crippen LogP contribution in [0.4, 0.5) is 5.69 Å². The first kappa shape index (κ1) is 14.5. The van der Waals surface area contributed by atoms with Gasteiger partial charge in [-0.15, -0.1) is 11.3 Å². The maximum absolute atomic E-state index is 12.0. The van der Waals surface area contributed by atoms with E-state index in [-0.39, 0.29) is 17.2 Å². The van der Waals surface area contributed by atoms with Crippen LogP contribution in [-0.4, -0.2) is 24.1 Å². The third-order valence-corrected chi connectivity index (χ3v) is 4.02. The molecule has 5 nitrogen and oxygen atoms in total. The van der Waals surface area contributed by atoms with Crippen LogP contribution in [0, 0.1) is 0 Å². The summed E-state index contributed by atoms with van der Waals surface area (Å²) in [6, 6.07) is 6.09. The van der Waals surface area contributed by atoms with Crippen LogP contribution in [0.5, 0.6) is 5.75 Å². The number of hydrogen-bond acceptors (Lipinski definition) is 4. The first-order valence-corrected chi connectivity index (χ1v) is 7.15. The molecule has 0 aliphatic carbocycles. The molecule has 0 saturated carbocycles. The smallest absolute Gasteiger partial charge is 0.339 e. The fourth-order valence-corrected chi connectivity index (χ4v) is 2.71. The molecular weight excluding hydrogens is 346 g/mol. The van der Waals surface area contributed by atoms with Crippen molar-refractivity contribution < 1.29 is 19.4 Å². The molecule has 7 heteroatoms. The summed E-state index contributed by atoms with van der Waals surface area (Å²) in [5.41, 5.74) is 1.05. The van der Waals surface area contributed by atoms with Gasteiger partial charge in [0.1, 0.15) is 11.3 Å². The number of thiophene rings is 1. The monoisotopic (exact) mass is 355 g/mol. The zero-order valence-corrected chi connectivity index (χ0v) is 12.7. The maximum Gasteiger partial charge on any atom is 0.339 e. The Morgan fingerprint density at radius 3 is 2.65 bits per heavy atom. The molecule has 1 amide bonds. The minimum atomic E-state index is -1.08. The highest BCUT2D eigenvalue weighted by atomic mass is 79.9. The van der Waals surface area contributed by atoms with E-state index in [1.165, 1.54) is 36.6 Å². The van der Waals surface area contributed by atoms with Crippen LogP contribution < -0.4 is 10.1 Å². The molecule has 0 aliphatic heterocycles. The Balaban J connectivity index is 2.22. The summed E-state index contributed by atoms with van der Waals surface area (Å²) in [5, 5.41) is 13.4. The molecule has 2 aromatic rings. The molecule has 0 unspecified atom stereocenters. The van der Waals surface area contributed by atoms with Crippen molar-refractivity contribution in [3.63, 3.8) is 0 Å². The van der Waals surface area contributed by atoms with Gasteiger partial charge in [-0.3, -0.25) is 4.79 Å². The van der Waals surface area contributed by atoms with Gasteiger partial charge in [0.25, 0.3) is 5.91 Å². The van der Waals surface area contributed by atoms with E-state index >= 15 is 0 Å². The topological polar surface area (TPSA) is 75.6 Å². The molecule has 0 saturated heterocycles. The van der Waals surface area contributed by atoms with Crippen molar-refractivity contribution in [1.82, 2.24) is 0 Å². The van der Waals surface area contributed by atoms with E-state index in [2.05, 4.69) is 21.2 Å². The van der Waals surface area contributed by atoms with Crippen molar-refractivity contribution in [2.75, 3.05) is 12.4 Å². The number of carbonyl (C=O) groups is 2. The quantitative estimate of drug-likeness (QED) is 0.880. The third-order valence-electron chi connectivity index (χ3n) is 2.52. The number of nitrogens with one attached hydrogen (secondary N) is 1. The Morgan fingerprint density at radius 2 is 2.10 bits per heavy atom. The number of methoxy groups -OCH3 is 1. The standard InChI is InChI=1S/C13H10BrNO4S/c1-19-10-5-8(2-3-9(10)13(17)18)15-12(16)7-4-11(14)20-6-7/h2-6H,1H3,(H,15,16)(H,17,18). The van der Waals surface area contributed by atoms with Gasteiger partial charge in [-0.25, -0.2) is 4.79 Å². The average molecular weight is 356 g/mol. The fraction of sp³-hybridized carbons (Fsp3) is 0.0769. The predicted octanol–water partition coefficient (Wildman–Crippen LogP) is 3.47. The van der Waals surface area contributed by atoms with Crippen molar-refractivity contribution in [2.24, 2.45) is 0 Å². The molecule has 20 heavy (non-hydrogen) atoms. The molecule has 1 heterocycles. The SMILES string of the molecule is COc1cc(NC(=O)c2csc(Br)c2)ccc1C(=O)O. The second-order valence-corrected chi connectivity index (χ2v) is 6.10. The lowest BCUT2D eigenvalue weighted by Crippen LogP contribution is -2.11. The van der Waals surface area contributed by atoms with Gasteiger partial charge >= 0.3 is 5.97 Å². The van der Waals surface area contributed by atoms with Crippen molar-refractivity contribution >= 4 is 44.8 Å². The second kappa shape index (κ2) is 6.06. The molecule has 1 aromatic carbocycles. The van der Waals surface area contributed by atoms with Crippen LogP contribution in [0.2, 0.25) is 0 Å². The lowest BCUT2D eigenvalue weighted by molar-refractivity contribution is 0.0693. The number of carboxylic acids is 1. The summed E-state index contributed by atoms with van der Waals surface area (Å²) in [6.07, 6.45) is 0. The van der Waals surface area contributed by atoms with E-state index in [0.717, 1.165) is 3.79 Å². The zero-order valence-electron chi connectivity index (χ0n) is 10.3. The molecule has 0 aliphatic rings. The van der Waals surface area contributed by atoms with Crippen LogP contribution in [0.3, 0.4) is 0 Å². The van der Waals surface area contributed by atoms with Crippen molar-refractivity contribution in [3.05, 3.63) is 44.6 Å². The number of carboxylic acid groups (broad SMARTS) is 1. The Labute approximate surface area is 127 Å². The molecule has 0 spiro atoms. The second-order valence-electron chi connectivity index (χ2n) is 3.81. The number of carbonyl (C=O) groups excluding carboxylic acids is 1. The Kier molecular flexibility index (Phi) is 4.41. The minimum Gasteiger partial charge on any atom is -0.496 e. The summed E-state index contributed by atoms with van der Waals surface area (Å²) in [6.45, 7) is 0. The number of ether oxygens (including phenoxy) is 1. The van der Waals surface area contributed by atoms with Crippen molar-refractivity contribution in [2.45, 2.75) is 0 Å². The first-order valence-electron chi connectivity index (χ1n) is 5.48. The van der Waals surface area contributed by atoms with Gasteiger partial charge in [0, 0.05) is 17.1 Å². The molecule has 0 bridgehead atoms. The molecule has 104 valence electrons. The number of rotatable bonds is 4. The number of anilines is 1. The highest BCUT2D eigenvalue weighted by molar-refractivity contribution is 9.11. The maximum atomic E-state index is 12.0. The van der Waals surface area contributed by atoms with E-state index in [0.29, 0.717) is 11.3 Å². The van der Waals surface area contributed by atoms with E-state index in [1.807, 2.05) is 0 Å². The van der Waals surface area contributed by atoms with Crippen LogP contribution in [0.15, 0.2) is 33.4 Å². The summed E-state index contributed by atoms with van der Waals surface area (Å²) in [4.78, 5) is 22.9. The number of hydrogen-bond donors (Lipinski definition) is 2. The number of amides is 1. The van der Waals surface area contributed by atoms with Crippen molar-refractivity contribution in [1.29, 1.82) is 0 Å². The van der Waals surface area contributed by atoms with Gasteiger partial charge in [0.15, 0.2) is 0 Å². The third kappa shape index (κ3) is 3.17. The van der Waals surface area contributed by atoms with Crippen LogP contribution >= 0.6 is 27.3 Å². The lowest BCUT2D eigenvalue weighted by Gasteiger charge is -2.08. The van der Waals surface area contributed by atoms with Gasteiger partial charge < -0.3 is 15.2 Å². The summed E-state index contributed by atoms with van der Waals surface area (Å²) < 4.78 is 5.86. The van der Waals surface area contributed by atoms with E-state index in [9.17, 15) is 9.59 Å². The van der Waals surface area contributed by atoms with Gasteiger partial charge in [-0.1, -0.05) is 0 Å². The average Bonchev–Trinajstić information content (AvgIpc) is 2.85.